The third kappa shape index (κ3) is 2.89. The van der Waals surface area contributed by atoms with Crippen molar-refractivity contribution in [3.63, 3.8) is 0 Å². The van der Waals surface area contributed by atoms with Gasteiger partial charge < -0.3 is 4.74 Å². The fourth-order valence-electron chi connectivity index (χ4n) is 2.18. The third-order valence-corrected chi connectivity index (χ3v) is 4.36. The molecule has 0 aromatic carbocycles. The van der Waals surface area contributed by atoms with Gasteiger partial charge in [0.1, 0.15) is 15.4 Å². The van der Waals surface area contributed by atoms with Crippen LogP contribution in [0.1, 0.15) is 37.3 Å². The van der Waals surface area contributed by atoms with E-state index >= 15 is 0 Å². The molecule has 3 rings (SSSR count). The lowest BCUT2D eigenvalue weighted by Crippen LogP contribution is -2.28. The first-order valence-corrected chi connectivity index (χ1v) is 7.59. The lowest BCUT2D eigenvalue weighted by atomic mass is 9.97. The van der Waals surface area contributed by atoms with Crippen LogP contribution in [-0.4, -0.2) is 23.3 Å². The van der Waals surface area contributed by atoms with Crippen molar-refractivity contribution in [3.05, 3.63) is 22.8 Å². The highest BCUT2D eigenvalue weighted by atomic mass is 32.1. The first-order valence-electron chi connectivity index (χ1n) is 6.78. The molecule has 0 N–H and O–H groups in total. The summed E-state index contributed by atoms with van der Waals surface area (Å²) in [6, 6.07) is 1.51. The van der Waals surface area contributed by atoms with Gasteiger partial charge in [0.05, 0.1) is 12.0 Å². The van der Waals surface area contributed by atoms with Crippen LogP contribution < -0.4 is 0 Å². The van der Waals surface area contributed by atoms with Gasteiger partial charge in [0, 0.05) is 13.3 Å². The monoisotopic (exact) mass is 318 g/mol. The van der Waals surface area contributed by atoms with Crippen LogP contribution in [0.15, 0.2) is 12.3 Å². The summed E-state index contributed by atoms with van der Waals surface area (Å²) in [5, 5.41) is 0.721. The number of hydrogen-bond donors (Lipinski definition) is 0. The van der Waals surface area contributed by atoms with Gasteiger partial charge in [-0.15, -0.1) is 0 Å². The summed E-state index contributed by atoms with van der Waals surface area (Å²) in [7, 11) is 1.55. The quantitative estimate of drug-likeness (QED) is 0.838. The molecule has 2 heterocycles. The van der Waals surface area contributed by atoms with E-state index in [2.05, 4.69) is 9.97 Å². The van der Waals surface area contributed by atoms with E-state index in [4.69, 9.17) is 4.74 Å². The van der Waals surface area contributed by atoms with Crippen LogP contribution in [0.2, 0.25) is 0 Å². The molecule has 2 aromatic rings. The maximum Gasteiger partial charge on any atom is 0.398 e. The highest BCUT2D eigenvalue weighted by molar-refractivity contribution is 7.18. The Balaban J connectivity index is 0.000000774. The number of pyridine rings is 1. The highest BCUT2D eigenvalue weighted by Crippen LogP contribution is 2.58. The van der Waals surface area contributed by atoms with Gasteiger partial charge in [-0.2, -0.15) is 13.2 Å². The molecule has 1 fully saturated rings. The number of halogens is 3. The number of alkyl halides is 3. The van der Waals surface area contributed by atoms with E-state index in [0.717, 1.165) is 5.01 Å². The number of thiazole rings is 1. The summed E-state index contributed by atoms with van der Waals surface area (Å²) in [6.07, 6.45) is -2.61. The molecule has 1 saturated carbocycles. The van der Waals surface area contributed by atoms with Gasteiger partial charge in [-0.05, 0) is 24.5 Å². The Morgan fingerprint density at radius 1 is 1.33 bits per heavy atom. The molecule has 1 aliphatic rings. The van der Waals surface area contributed by atoms with Gasteiger partial charge in [-0.1, -0.05) is 25.2 Å². The van der Waals surface area contributed by atoms with E-state index in [1.165, 1.54) is 23.6 Å². The van der Waals surface area contributed by atoms with E-state index in [0.29, 0.717) is 17.0 Å². The largest absolute Gasteiger partial charge is 0.398 e. The molecule has 0 bridgehead atoms. The first-order chi connectivity index (χ1) is 9.96. The van der Waals surface area contributed by atoms with Crippen molar-refractivity contribution >= 4 is 21.7 Å². The Morgan fingerprint density at radius 3 is 2.52 bits per heavy atom. The van der Waals surface area contributed by atoms with E-state index < -0.39 is 11.6 Å². The van der Waals surface area contributed by atoms with Gasteiger partial charge in [-0.3, -0.25) is 0 Å². The Labute approximate surface area is 125 Å². The van der Waals surface area contributed by atoms with Crippen LogP contribution in [-0.2, 0) is 16.8 Å². The van der Waals surface area contributed by atoms with E-state index in [1.54, 1.807) is 7.11 Å². The Bertz CT molecular complexity index is 620. The topological polar surface area (TPSA) is 35.0 Å². The number of nitrogens with zero attached hydrogens (tertiary/aromatic N) is 2. The van der Waals surface area contributed by atoms with Crippen molar-refractivity contribution in [1.29, 1.82) is 0 Å². The first kappa shape index (κ1) is 16.2. The standard InChI is InChI=1S/C12H11F3N2OS.C2H6/c1-18-6-9-17-8-4-7(5-16-10(8)19-9)11(2-3-11)12(13,14)15;1-2/h4-5H,2-3,6H2,1H3;1-2H3. The molecule has 21 heavy (non-hydrogen) atoms. The van der Waals surface area contributed by atoms with Gasteiger partial charge in [-0.25, -0.2) is 9.97 Å². The second kappa shape index (κ2) is 5.88. The second-order valence-electron chi connectivity index (χ2n) is 4.67. The fourth-order valence-corrected chi connectivity index (χ4v) is 3.03. The van der Waals surface area contributed by atoms with Gasteiger partial charge >= 0.3 is 6.18 Å². The zero-order valence-electron chi connectivity index (χ0n) is 12.1. The summed E-state index contributed by atoms with van der Waals surface area (Å²) in [5.74, 6) is 0. The highest BCUT2D eigenvalue weighted by Gasteiger charge is 2.64. The lowest BCUT2D eigenvalue weighted by Gasteiger charge is -2.18. The normalized spacial score (nSPS) is 16.5. The minimum atomic E-state index is -4.21. The zero-order chi connectivity index (χ0) is 15.7. The van der Waals surface area contributed by atoms with Crippen molar-refractivity contribution < 1.29 is 17.9 Å². The van der Waals surface area contributed by atoms with Crippen molar-refractivity contribution in [1.82, 2.24) is 9.97 Å². The average Bonchev–Trinajstić information content (AvgIpc) is 3.17. The predicted octanol–water partition coefficient (Wildman–Crippen LogP) is 4.46. The third-order valence-electron chi connectivity index (χ3n) is 3.40. The molecule has 0 radical (unpaired) electrons. The van der Waals surface area contributed by atoms with Crippen molar-refractivity contribution in [2.24, 2.45) is 0 Å². The SMILES string of the molecule is CC.COCc1nc2cc(C3(C(F)(F)F)CC3)cnc2s1. The second-order valence-corrected chi connectivity index (χ2v) is 5.73. The molecule has 0 amide bonds. The average molecular weight is 318 g/mol. The van der Waals surface area contributed by atoms with Crippen molar-refractivity contribution in [2.75, 3.05) is 7.11 Å². The molecule has 0 saturated heterocycles. The molecular formula is C14H17F3N2OS. The number of hydrogen-bond acceptors (Lipinski definition) is 4. The molecule has 3 nitrogen and oxygen atoms in total. The molecular weight excluding hydrogens is 301 g/mol. The van der Waals surface area contributed by atoms with Crippen LogP contribution in [0.25, 0.3) is 10.3 Å². The zero-order valence-corrected chi connectivity index (χ0v) is 12.9. The van der Waals surface area contributed by atoms with Crippen LogP contribution in [0.3, 0.4) is 0 Å². The van der Waals surface area contributed by atoms with Gasteiger partial charge in [0.25, 0.3) is 0 Å². The summed E-state index contributed by atoms with van der Waals surface area (Å²) >= 11 is 1.34. The van der Waals surface area contributed by atoms with Crippen LogP contribution in [0, 0.1) is 0 Å². The van der Waals surface area contributed by atoms with E-state index in [9.17, 15) is 13.2 Å². The summed E-state index contributed by atoms with van der Waals surface area (Å²) in [4.78, 5) is 9.00. The van der Waals surface area contributed by atoms with Crippen LogP contribution >= 0.6 is 11.3 Å². The number of ether oxygens (including phenoxy) is 1. The van der Waals surface area contributed by atoms with Crippen LogP contribution in [0.4, 0.5) is 13.2 Å². The summed E-state index contributed by atoms with van der Waals surface area (Å²) in [6.45, 7) is 4.35. The number of aromatic nitrogens is 2. The van der Waals surface area contributed by atoms with Crippen molar-refractivity contribution in [3.8, 4) is 0 Å². The Hall–Kier alpha value is -1.21. The smallest absolute Gasteiger partial charge is 0.378 e. The van der Waals surface area contributed by atoms with Gasteiger partial charge in [0.15, 0.2) is 0 Å². The molecule has 2 aromatic heterocycles. The number of rotatable bonds is 3. The Kier molecular flexibility index (Phi) is 4.53. The minimum Gasteiger partial charge on any atom is -0.378 e. The maximum atomic E-state index is 13.0. The molecule has 116 valence electrons. The molecule has 1 aliphatic carbocycles. The number of methoxy groups -OCH3 is 1. The number of fused-ring (bicyclic) bond motifs is 1. The fraction of sp³-hybridized carbons (Fsp3) is 0.571. The van der Waals surface area contributed by atoms with Crippen LogP contribution in [0.5, 0.6) is 0 Å². The predicted molar refractivity (Wildman–Crippen MR) is 76.4 cm³/mol. The molecule has 0 aliphatic heterocycles. The van der Waals surface area contributed by atoms with Gasteiger partial charge in [0.2, 0.25) is 0 Å². The van der Waals surface area contributed by atoms with Crippen molar-refractivity contribution in [2.45, 2.75) is 44.9 Å². The molecule has 0 unspecified atom stereocenters. The molecule has 0 atom stereocenters. The van der Waals surface area contributed by atoms with E-state index in [-0.39, 0.29) is 18.4 Å². The minimum absolute atomic E-state index is 0.138. The molecule has 0 spiro atoms. The summed E-state index contributed by atoms with van der Waals surface area (Å²) in [5.41, 5.74) is -0.953. The maximum absolute atomic E-state index is 13.0. The molecule has 7 heteroatoms. The summed E-state index contributed by atoms with van der Waals surface area (Å²) < 4.78 is 44.1. The Morgan fingerprint density at radius 2 is 2.00 bits per heavy atom. The lowest BCUT2D eigenvalue weighted by molar-refractivity contribution is -0.160. The van der Waals surface area contributed by atoms with E-state index in [1.807, 2.05) is 13.8 Å².